The van der Waals surface area contributed by atoms with Crippen molar-refractivity contribution in [2.75, 3.05) is 11.9 Å². The first-order chi connectivity index (χ1) is 7.15. The summed E-state index contributed by atoms with van der Waals surface area (Å²) in [5.74, 6) is 1.40. The van der Waals surface area contributed by atoms with Crippen LogP contribution in [0.5, 0.6) is 0 Å². The van der Waals surface area contributed by atoms with Crippen molar-refractivity contribution in [3.05, 3.63) is 17.0 Å². The van der Waals surface area contributed by atoms with Crippen LogP contribution in [-0.2, 0) is 6.42 Å². The number of anilines is 1. The Morgan fingerprint density at radius 3 is 2.87 bits per heavy atom. The molecule has 15 heavy (non-hydrogen) atoms. The Morgan fingerprint density at radius 1 is 1.53 bits per heavy atom. The van der Waals surface area contributed by atoms with Crippen molar-refractivity contribution in [1.29, 1.82) is 0 Å². The number of aryl methyl sites for hydroxylation is 1. The van der Waals surface area contributed by atoms with E-state index < -0.39 is 0 Å². The van der Waals surface area contributed by atoms with Crippen LogP contribution in [-0.4, -0.2) is 27.7 Å². The van der Waals surface area contributed by atoms with Crippen molar-refractivity contribution in [1.82, 2.24) is 9.97 Å². The van der Waals surface area contributed by atoms with Gasteiger partial charge in [0.25, 0.3) is 0 Å². The number of nitrogens with one attached hydrogen (secondary N) is 1. The Balaban J connectivity index is 2.78. The highest BCUT2D eigenvalue weighted by atomic mass is 35.5. The largest absolute Gasteiger partial charge is 0.394 e. The smallest absolute Gasteiger partial charge is 0.134 e. The van der Waals surface area contributed by atoms with Gasteiger partial charge in [-0.3, -0.25) is 0 Å². The van der Waals surface area contributed by atoms with E-state index in [0.29, 0.717) is 11.0 Å². The Labute approximate surface area is 94.7 Å². The van der Waals surface area contributed by atoms with E-state index in [1.807, 2.05) is 6.92 Å². The molecule has 0 aliphatic rings. The molecule has 2 N–H and O–H groups in total. The summed E-state index contributed by atoms with van der Waals surface area (Å²) in [6.07, 6.45) is 1.79. The highest BCUT2D eigenvalue weighted by molar-refractivity contribution is 6.29. The highest BCUT2D eigenvalue weighted by Crippen LogP contribution is 2.13. The van der Waals surface area contributed by atoms with Gasteiger partial charge in [-0.25, -0.2) is 9.97 Å². The molecule has 1 unspecified atom stereocenters. The van der Waals surface area contributed by atoms with Crippen LogP contribution in [0.4, 0.5) is 5.82 Å². The summed E-state index contributed by atoms with van der Waals surface area (Å²) in [6, 6.07) is 1.62. The average molecular weight is 230 g/mol. The standard InChI is InChI=1S/C10H16ClN3O/c1-3-4-9-13-8(11)5-10(14-9)12-7(2)6-15/h5,7,15H,3-4,6H2,1-2H3,(H,12,13,14). The minimum absolute atomic E-state index is 0.0366. The number of hydrogen-bond acceptors (Lipinski definition) is 4. The molecule has 0 fully saturated rings. The number of nitrogens with zero attached hydrogens (tertiary/aromatic N) is 2. The lowest BCUT2D eigenvalue weighted by atomic mass is 10.3. The van der Waals surface area contributed by atoms with Crippen LogP contribution >= 0.6 is 11.6 Å². The molecule has 0 saturated carbocycles. The molecule has 0 bridgehead atoms. The Kier molecular flexibility index (Phi) is 4.78. The van der Waals surface area contributed by atoms with E-state index in [0.717, 1.165) is 18.7 Å². The van der Waals surface area contributed by atoms with Gasteiger partial charge in [0.1, 0.15) is 16.8 Å². The normalized spacial score (nSPS) is 12.5. The Bertz CT molecular complexity index is 320. The molecule has 0 aromatic carbocycles. The third-order valence-corrected chi connectivity index (χ3v) is 2.08. The Morgan fingerprint density at radius 2 is 2.27 bits per heavy atom. The van der Waals surface area contributed by atoms with E-state index in [2.05, 4.69) is 22.2 Å². The maximum atomic E-state index is 8.90. The van der Waals surface area contributed by atoms with Crippen molar-refractivity contribution in [3.8, 4) is 0 Å². The fraction of sp³-hybridized carbons (Fsp3) is 0.600. The fourth-order valence-electron chi connectivity index (χ4n) is 1.17. The molecule has 0 saturated heterocycles. The van der Waals surface area contributed by atoms with E-state index in [1.165, 1.54) is 0 Å². The molecule has 84 valence electrons. The number of aliphatic hydroxyl groups is 1. The van der Waals surface area contributed by atoms with E-state index in [4.69, 9.17) is 16.7 Å². The molecule has 5 heteroatoms. The van der Waals surface area contributed by atoms with Crippen molar-refractivity contribution in [3.63, 3.8) is 0 Å². The van der Waals surface area contributed by atoms with Crippen LogP contribution in [0.2, 0.25) is 5.15 Å². The van der Waals surface area contributed by atoms with Gasteiger partial charge >= 0.3 is 0 Å². The maximum Gasteiger partial charge on any atom is 0.134 e. The summed E-state index contributed by atoms with van der Waals surface area (Å²) in [4.78, 5) is 8.40. The lowest BCUT2D eigenvalue weighted by Crippen LogP contribution is -2.20. The van der Waals surface area contributed by atoms with Crippen molar-refractivity contribution in [2.45, 2.75) is 32.7 Å². The summed E-state index contributed by atoms with van der Waals surface area (Å²) in [7, 11) is 0. The van der Waals surface area contributed by atoms with Gasteiger partial charge in [-0.15, -0.1) is 0 Å². The minimum Gasteiger partial charge on any atom is -0.394 e. The molecule has 1 aromatic heterocycles. The number of aromatic nitrogens is 2. The zero-order chi connectivity index (χ0) is 11.3. The zero-order valence-corrected chi connectivity index (χ0v) is 9.75. The Hall–Kier alpha value is -0.870. The SMILES string of the molecule is CCCc1nc(Cl)cc(NC(C)CO)n1. The van der Waals surface area contributed by atoms with E-state index in [-0.39, 0.29) is 12.6 Å². The zero-order valence-electron chi connectivity index (χ0n) is 9.00. The number of halogens is 1. The summed E-state index contributed by atoms with van der Waals surface area (Å²) < 4.78 is 0. The van der Waals surface area contributed by atoms with Crippen LogP contribution < -0.4 is 5.32 Å². The van der Waals surface area contributed by atoms with Crippen LogP contribution in [0.3, 0.4) is 0 Å². The second-order valence-corrected chi connectivity index (χ2v) is 3.86. The van der Waals surface area contributed by atoms with Crippen LogP contribution in [0.25, 0.3) is 0 Å². The third kappa shape index (κ3) is 4.01. The number of hydrogen-bond donors (Lipinski definition) is 2. The molecule has 1 aromatic rings. The third-order valence-electron chi connectivity index (χ3n) is 1.88. The molecule has 1 atom stereocenters. The van der Waals surface area contributed by atoms with Gasteiger partial charge in [-0.05, 0) is 13.3 Å². The monoisotopic (exact) mass is 229 g/mol. The first-order valence-corrected chi connectivity index (χ1v) is 5.44. The van der Waals surface area contributed by atoms with Gasteiger partial charge < -0.3 is 10.4 Å². The summed E-state index contributed by atoms with van der Waals surface area (Å²) >= 11 is 5.86. The second kappa shape index (κ2) is 5.88. The summed E-state index contributed by atoms with van der Waals surface area (Å²) in [5, 5.41) is 12.4. The van der Waals surface area contributed by atoms with E-state index in [9.17, 15) is 0 Å². The molecule has 0 aliphatic heterocycles. The van der Waals surface area contributed by atoms with Crippen molar-refractivity contribution >= 4 is 17.4 Å². The number of aliphatic hydroxyl groups excluding tert-OH is 1. The molecule has 1 rings (SSSR count). The predicted molar refractivity (Wildman–Crippen MR) is 61.2 cm³/mol. The quantitative estimate of drug-likeness (QED) is 0.757. The average Bonchev–Trinajstić information content (AvgIpc) is 2.17. The minimum atomic E-state index is -0.0366. The van der Waals surface area contributed by atoms with E-state index in [1.54, 1.807) is 6.07 Å². The molecular formula is C10H16ClN3O. The number of rotatable bonds is 5. The van der Waals surface area contributed by atoms with Gasteiger partial charge in [-0.2, -0.15) is 0 Å². The van der Waals surface area contributed by atoms with Gasteiger partial charge in [0.15, 0.2) is 0 Å². The molecule has 0 amide bonds. The second-order valence-electron chi connectivity index (χ2n) is 3.47. The molecular weight excluding hydrogens is 214 g/mol. The van der Waals surface area contributed by atoms with E-state index >= 15 is 0 Å². The molecule has 0 radical (unpaired) electrons. The van der Waals surface area contributed by atoms with Crippen molar-refractivity contribution in [2.24, 2.45) is 0 Å². The lowest BCUT2D eigenvalue weighted by Gasteiger charge is -2.12. The molecule has 1 heterocycles. The molecule has 0 spiro atoms. The summed E-state index contributed by atoms with van der Waals surface area (Å²) in [5.41, 5.74) is 0. The van der Waals surface area contributed by atoms with Crippen LogP contribution in [0.15, 0.2) is 6.07 Å². The van der Waals surface area contributed by atoms with Gasteiger partial charge in [0.2, 0.25) is 0 Å². The van der Waals surface area contributed by atoms with Gasteiger partial charge in [0.05, 0.1) is 6.61 Å². The first kappa shape index (κ1) is 12.2. The maximum absolute atomic E-state index is 8.90. The lowest BCUT2D eigenvalue weighted by molar-refractivity contribution is 0.281. The molecule has 4 nitrogen and oxygen atoms in total. The predicted octanol–water partition coefficient (Wildman–Crippen LogP) is 1.88. The van der Waals surface area contributed by atoms with Crippen molar-refractivity contribution < 1.29 is 5.11 Å². The topological polar surface area (TPSA) is 58.0 Å². The van der Waals surface area contributed by atoms with Gasteiger partial charge in [-0.1, -0.05) is 18.5 Å². The first-order valence-electron chi connectivity index (χ1n) is 5.06. The molecule has 0 aliphatic carbocycles. The summed E-state index contributed by atoms with van der Waals surface area (Å²) in [6.45, 7) is 3.99. The fourth-order valence-corrected chi connectivity index (χ4v) is 1.37. The highest BCUT2D eigenvalue weighted by Gasteiger charge is 2.05. The van der Waals surface area contributed by atoms with Crippen LogP contribution in [0, 0.1) is 0 Å². The van der Waals surface area contributed by atoms with Gasteiger partial charge in [0, 0.05) is 18.5 Å². The van der Waals surface area contributed by atoms with Crippen LogP contribution in [0.1, 0.15) is 26.1 Å².